The van der Waals surface area contributed by atoms with E-state index < -0.39 is 6.10 Å². The summed E-state index contributed by atoms with van der Waals surface area (Å²) < 4.78 is 1.78. The number of imidazole rings is 1. The third-order valence-corrected chi connectivity index (χ3v) is 3.41. The molecule has 2 heterocycles. The molecule has 14 heavy (non-hydrogen) atoms. The normalized spacial score (nSPS) is 13.1. The average Bonchev–Trinajstić information content (AvgIpc) is 2.73. The maximum absolute atomic E-state index is 9.97. The van der Waals surface area contributed by atoms with E-state index in [0.29, 0.717) is 10.8 Å². The summed E-state index contributed by atoms with van der Waals surface area (Å²) in [7, 11) is 1.84. The largest absolute Gasteiger partial charge is 0.379 e. The Morgan fingerprint density at radius 2 is 2.43 bits per heavy atom. The van der Waals surface area contributed by atoms with Gasteiger partial charge in [0.25, 0.3) is 0 Å². The van der Waals surface area contributed by atoms with Crippen molar-refractivity contribution in [2.75, 3.05) is 0 Å². The molecular weight excluding hydrogens is 220 g/mol. The summed E-state index contributed by atoms with van der Waals surface area (Å²) in [6.07, 6.45) is 2.71. The molecule has 2 aromatic rings. The maximum Gasteiger partial charge on any atom is 0.147 e. The second-order valence-corrected chi connectivity index (χ2v) is 4.29. The molecule has 0 aromatic carbocycles. The van der Waals surface area contributed by atoms with Crippen LogP contribution < -0.4 is 0 Å². The van der Waals surface area contributed by atoms with Crippen molar-refractivity contribution < 1.29 is 5.11 Å². The lowest BCUT2D eigenvalue weighted by atomic mass is 10.3. The molecule has 2 aromatic heterocycles. The highest BCUT2D eigenvalue weighted by Gasteiger charge is 2.18. The Morgan fingerprint density at radius 3 is 2.93 bits per heavy atom. The molecule has 1 unspecified atom stereocenters. The molecule has 0 saturated carbocycles. The van der Waals surface area contributed by atoms with Gasteiger partial charge in [0, 0.05) is 19.4 Å². The van der Waals surface area contributed by atoms with E-state index in [9.17, 15) is 5.11 Å². The van der Waals surface area contributed by atoms with Crippen LogP contribution in [0.1, 0.15) is 16.8 Å². The molecule has 2 rings (SSSR count). The van der Waals surface area contributed by atoms with Crippen molar-refractivity contribution in [3.8, 4) is 0 Å². The SMILES string of the molecule is Cn1ccnc1C(O)c1sccc1Cl. The summed E-state index contributed by atoms with van der Waals surface area (Å²) in [6.45, 7) is 0. The Kier molecular flexibility index (Phi) is 2.58. The first-order chi connectivity index (χ1) is 6.70. The van der Waals surface area contributed by atoms with E-state index in [4.69, 9.17) is 11.6 Å². The van der Waals surface area contributed by atoms with Crippen molar-refractivity contribution in [2.45, 2.75) is 6.10 Å². The first kappa shape index (κ1) is 9.71. The Bertz CT molecular complexity index is 397. The smallest absolute Gasteiger partial charge is 0.147 e. The Hall–Kier alpha value is -0.840. The summed E-state index contributed by atoms with van der Waals surface area (Å²) in [5.41, 5.74) is 0. The minimum atomic E-state index is -0.734. The first-order valence-corrected chi connectivity index (χ1v) is 5.34. The molecule has 3 nitrogen and oxygen atoms in total. The van der Waals surface area contributed by atoms with Gasteiger partial charge in [0.1, 0.15) is 11.9 Å². The van der Waals surface area contributed by atoms with Crippen LogP contribution in [0.2, 0.25) is 5.02 Å². The fraction of sp³-hybridized carbons (Fsp3) is 0.222. The summed E-state index contributed by atoms with van der Waals surface area (Å²) in [4.78, 5) is 4.81. The van der Waals surface area contributed by atoms with E-state index in [2.05, 4.69) is 4.98 Å². The standard InChI is InChI=1S/C9H9ClN2OS/c1-12-4-3-11-9(12)7(13)8-6(10)2-5-14-8/h2-5,7,13H,1H3. The quantitative estimate of drug-likeness (QED) is 0.856. The molecule has 0 amide bonds. The van der Waals surface area contributed by atoms with Crippen LogP contribution in [-0.2, 0) is 7.05 Å². The van der Waals surface area contributed by atoms with E-state index in [-0.39, 0.29) is 0 Å². The number of nitrogens with zero attached hydrogens (tertiary/aromatic N) is 2. The molecule has 1 atom stereocenters. The van der Waals surface area contributed by atoms with E-state index in [1.165, 1.54) is 11.3 Å². The number of halogens is 1. The number of aliphatic hydroxyl groups excluding tert-OH is 1. The summed E-state index contributed by atoms with van der Waals surface area (Å²) >= 11 is 7.35. The van der Waals surface area contributed by atoms with Crippen molar-refractivity contribution >= 4 is 22.9 Å². The van der Waals surface area contributed by atoms with E-state index in [1.807, 2.05) is 12.4 Å². The molecule has 0 spiro atoms. The van der Waals surface area contributed by atoms with Gasteiger partial charge in [0.05, 0.1) is 9.90 Å². The lowest BCUT2D eigenvalue weighted by Crippen LogP contribution is -2.05. The zero-order valence-electron chi connectivity index (χ0n) is 7.51. The highest BCUT2D eigenvalue weighted by molar-refractivity contribution is 7.10. The highest BCUT2D eigenvalue weighted by Crippen LogP contribution is 2.31. The minimum Gasteiger partial charge on any atom is -0.379 e. The van der Waals surface area contributed by atoms with Crippen molar-refractivity contribution in [2.24, 2.45) is 7.05 Å². The van der Waals surface area contributed by atoms with Gasteiger partial charge in [-0.2, -0.15) is 0 Å². The van der Waals surface area contributed by atoms with Crippen LogP contribution in [0.25, 0.3) is 0 Å². The summed E-state index contributed by atoms with van der Waals surface area (Å²) in [5, 5.41) is 12.4. The van der Waals surface area contributed by atoms with Crippen molar-refractivity contribution in [3.63, 3.8) is 0 Å². The number of aliphatic hydroxyl groups is 1. The van der Waals surface area contributed by atoms with Gasteiger partial charge in [0.15, 0.2) is 0 Å². The second-order valence-electron chi connectivity index (χ2n) is 2.93. The first-order valence-electron chi connectivity index (χ1n) is 4.08. The van der Waals surface area contributed by atoms with Gasteiger partial charge in [-0.3, -0.25) is 0 Å². The third kappa shape index (κ3) is 1.56. The van der Waals surface area contributed by atoms with Gasteiger partial charge in [-0.15, -0.1) is 11.3 Å². The Morgan fingerprint density at radius 1 is 1.64 bits per heavy atom. The average molecular weight is 229 g/mol. The van der Waals surface area contributed by atoms with Crippen LogP contribution in [0.5, 0.6) is 0 Å². The summed E-state index contributed by atoms with van der Waals surface area (Å²) in [6, 6.07) is 1.77. The predicted octanol–water partition coefficient (Wildman–Crippen LogP) is 2.22. The zero-order chi connectivity index (χ0) is 10.1. The number of hydrogen-bond donors (Lipinski definition) is 1. The van der Waals surface area contributed by atoms with Crippen molar-refractivity contribution in [1.82, 2.24) is 9.55 Å². The topological polar surface area (TPSA) is 38.0 Å². The predicted molar refractivity (Wildman–Crippen MR) is 56.6 cm³/mol. The van der Waals surface area contributed by atoms with E-state index >= 15 is 0 Å². The Balaban J connectivity index is 2.38. The van der Waals surface area contributed by atoms with Crippen molar-refractivity contribution in [1.29, 1.82) is 0 Å². The number of thiophene rings is 1. The molecule has 1 N–H and O–H groups in total. The van der Waals surface area contributed by atoms with Gasteiger partial charge in [-0.1, -0.05) is 11.6 Å². The summed E-state index contributed by atoms with van der Waals surface area (Å²) in [5.74, 6) is 0.606. The number of rotatable bonds is 2. The van der Waals surface area contributed by atoms with Crippen LogP contribution in [-0.4, -0.2) is 14.7 Å². The molecule has 0 saturated heterocycles. The molecular formula is C9H9ClN2OS. The fourth-order valence-corrected chi connectivity index (χ4v) is 2.40. The number of aryl methyl sites for hydroxylation is 1. The molecule has 0 aliphatic heterocycles. The monoisotopic (exact) mass is 228 g/mol. The Labute approximate surface area is 90.6 Å². The number of hydrogen-bond acceptors (Lipinski definition) is 3. The molecule has 0 bridgehead atoms. The second kappa shape index (κ2) is 3.73. The van der Waals surface area contributed by atoms with Gasteiger partial charge >= 0.3 is 0 Å². The van der Waals surface area contributed by atoms with Gasteiger partial charge in [0.2, 0.25) is 0 Å². The van der Waals surface area contributed by atoms with Crippen molar-refractivity contribution in [3.05, 3.63) is 39.6 Å². The molecule has 0 aliphatic rings. The lowest BCUT2D eigenvalue weighted by molar-refractivity contribution is 0.210. The van der Waals surface area contributed by atoms with Crippen LogP contribution >= 0.6 is 22.9 Å². The van der Waals surface area contributed by atoms with Crippen LogP contribution in [0.15, 0.2) is 23.8 Å². The van der Waals surface area contributed by atoms with Gasteiger partial charge in [-0.05, 0) is 11.4 Å². The molecule has 0 radical (unpaired) electrons. The van der Waals surface area contributed by atoms with E-state index in [1.54, 1.807) is 23.0 Å². The highest BCUT2D eigenvalue weighted by atomic mass is 35.5. The zero-order valence-corrected chi connectivity index (χ0v) is 9.09. The maximum atomic E-state index is 9.97. The fourth-order valence-electron chi connectivity index (χ4n) is 1.26. The van der Waals surface area contributed by atoms with Gasteiger partial charge < -0.3 is 9.67 Å². The van der Waals surface area contributed by atoms with Gasteiger partial charge in [-0.25, -0.2) is 4.98 Å². The van der Waals surface area contributed by atoms with E-state index in [0.717, 1.165) is 4.88 Å². The van der Waals surface area contributed by atoms with Crippen LogP contribution in [0.3, 0.4) is 0 Å². The molecule has 0 aliphatic carbocycles. The molecule has 0 fully saturated rings. The van der Waals surface area contributed by atoms with Crippen LogP contribution in [0.4, 0.5) is 0 Å². The molecule has 5 heteroatoms. The lowest BCUT2D eigenvalue weighted by Gasteiger charge is -2.08. The molecule has 74 valence electrons. The number of aromatic nitrogens is 2. The third-order valence-electron chi connectivity index (χ3n) is 2.00. The van der Waals surface area contributed by atoms with Crippen LogP contribution in [0, 0.1) is 0 Å². The minimum absolute atomic E-state index is 0.588.